The summed E-state index contributed by atoms with van der Waals surface area (Å²) in [5.41, 5.74) is 5.13. The number of halogens is 2. The van der Waals surface area contributed by atoms with E-state index in [1.807, 2.05) is 6.92 Å². The van der Waals surface area contributed by atoms with E-state index in [2.05, 4.69) is 16.2 Å². The fourth-order valence-electron chi connectivity index (χ4n) is 2.03. The van der Waals surface area contributed by atoms with Crippen molar-refractivity contribution >= 4 is 52.3 Å². The van der Waals surface area contributed by atoms with Gasteiger partial charge in [0.1, 0.15) is 11.5 Å². The van der Waals surface area contributed by atoms with Gasteiger partial charge in [0, 0.05) is 10.6 Å². The molecule has 2 rings (SSSR count). The van der Waals surface area contributed by atoms with Crippen LogP contribution in [0.4, 0.5) is 0 Å². The van der Waals surface area contributed by atoms with Crippen LogP contribution in [0.25, 0.3) is 0 Å². The topological polar surface area (TPSA) is 88.7 Å². The lowest BCUT2D eigenvalue weighted by molar-refractivity contribution is -0.123. The lowest BCUT2D eigenvalue weighted by Crippen LogP contribution is -2.49. The van der Waals surface area contributed by atoms with Gasteiger partial charge in [-0.05, 0) is 61.1 Å². The van der Waals surface area contributed by atoms with Crippen molar-refractivity contribution in [3.8, 4) is 11.5 Å². The molecule has 0 fully saturated rings. The molecule has 0 aromatic heterocycles. The Balaban J connectivity index is 1.74. The van der Waals surface area contributed by atoms with Gasteiger partial charge in [0.05, 0.1) is 11.6 Å². The fourth-order valence-corrected chi connectivity index (χ4v) is 2.63. The highest BCUT2D eigenvalue weighted by atomic mass is 35.5. The molecule has 0 bridgehead atoms. The molecule has 0 atom stereocenters. The highest BCUT2D eigenvalue weighted by molar-refractivity contribution is 7.80. The lowest BCUT2D eigenvalue weighted by atomic mass is 10.2. The monoisotopic (exact) mass is 455 g/mol. The first-order chi connectivity index (χ1) is 13.9. The Bertz CT molecular complexity index is 878. The molecule has 3 N–H and O–H groups in total. The van der Waals surface area contributed by atoms with Crippen LogP contribution >= 0.6 is 35.4 Å². The van der Waals surface area contributed by atoms with Crippen molar-refractivity contribution < 1.29 is 19.1 Å². The molecular weight excluding hydrogens is 437 g/mol. The molecule has 0 radical (unpaired) electrons. The number of carbonyl (C=O) groups is 2. The van der Waals surface area contributed by atoms with Crippen LogP contribution < -0.4 is 25.6 Å². The summed E-state index contributed by atoms with van der Waals surface area (Å²) < 4.78 is 10.8. The molecule has 7 nitrogen and oxygen atoms in total. The van der Waals surface area contributed by atoms with Crippen LogP contribution in [0.5, 0.6) is 11.5 Å². The summed E-state index contributed by atoms with van der Waals surface area (Å²) in [6.07, 6.45) is 0.895. The third-order valence-corrected chi connectivity index (χ3v) is 4.12. The Kier molecular flexibility index (Phi) is 8.98. The van der Waals surface area contributed by atoms with Gasteiger partial charge >= 0.3 is 0 Å². The van der Waals surface area contributed by atoms with Gasteiger partial charge in [0.25, 0.3) is 11.8 Å². The van der Waals surface area contributed by atoms with Crippen LogP contribution in [0.1, 0.15) is 23.7 Å². The number of ether oxygens (including phenoxy) is 2. The van der Waals surface area contributed by atoms with Crippen molar-refractivity contribution in [2.75, 3.05) is 13.2 Å². The summed E-state index contributed by atoms with van der Waals surface area (Å²) in [6.45, 7) is 2.30. The minimum absolute atomic E-state index is 0.0702. The average molecular weight is 456 g/mol. The highest BCUT2D eigenvalue weighted by Gasteiger charge is 2.10. The predicted molar refractivity (Wildman–Crippen MR) is 116 cm³/mol. The molecule has 0 saturated heterocycles. The molecule has 0 aliphatic rings. The molecule has 2 aromatic rings. The third-order valence-electron chi connectivity index (χ3n) is 3.38. The summed E-state index contributed by atoms with van der Waals surface area (Å²) in [4.78, 5) is 24.0. The van der Waals surface area contributed by atoms with Gasteiger partial charge in [-0.2, -0.15) is 0 Å². The molecule has 0 heterocycles. The van der Waals surface area contributed by atoms with Crippen molar-refractivity contribution in [2.24, 2.45) is 0 Å². The Hall–Kier alpha value is -2.55. The Labute approximate surface area is 183 Å². The number of nitrogens with one attached hydrogen (secondary N) is 3. The second-order valence-electron chi connectivity index (χ2n) is 5.69. The highest BCUT2D eigenvalue weighted by Crippen LogP contribution is 2.27. The van der Waals surface area contributed by atoms with Crippen LogP contribution in [-0.2, 0) is 4.79 Å². The third kappa shape index (κ3) is 7.77. The van der Waals surface area contributed by atoms with Crippen LogP contribution in [0.15, 0.2) is 42.5 Å². The second kappa shape index (κ2) is 11.5. The van der Waals surface area contributed by atoms with Gasteiger partial charge < -0.3 is 9.47 Å². The Morgan fingerprint density at radius 3 is 2.41 bits per heavy atom. The standard InChI is InChI=1S/C19H19Cl2N3O4S/c1-2-9-27-14-6-3-12(4-7-14)18(26)22-19(29)24-23-17(25)11-28-16-8-5-13(20)10-15(16)21/h3-8,10H,2,9,11H2,1H3,(H,23,25)(H2,22,24,26,29). The Morgan fingerprint density at radius 2 is 1.76 bits per heavy atom. The van der Waals surface area contributed by atoms with Gasteiger partial charge in [0.15, 0.2) is 11.7 Å². The SMILES string of the molecule is CCCOc1ccc(C(=O)NC(=S)NNC(=O)COc2ccc(Cl)cc2Cl)cc1. The smallest absolute Gasteiger partial charge is 0.276 e. The zero-order valence-corrected chi connectivity index (χ0v) is 17.8. The summed E-state index contributed by atoms with van der Waals surface area (Å²) in [7, 11) is 0. The fraction of sp³-hybridized carbons (Fsp3) is 0.211. The molecule has 0 aliphatic carbocycles. The second-order valence-corrected chi connectivity index (χ2v) is 6.94. The van der Waals surface area contributed by atoms with E-state index >= 15 is 0 Å². The van der Waals surface area contributed by atoms with Crippen LogP contribution in [0.3, 0.4) is 0 Å². The number of thiocarbonyl (C=S) groups is 1. The summed E-state index contributed by atoms with van der Waals surface area (Å²) in [5.74, 6) is 0.0404. The van der Waals surface area contributed by atoms with Gasteiger partial charge in [0.2, 0.25) is 0 Å². The van der Waals surface area contributed by atoms with E-state index in [0.717, 1.165) is 6.42 Å². The van der Waals surface area contributed by atoms with E-state index in [1.165, 1.54) is 6.07 Å². The van der Waals surface area contributed by atoms with Crippen molar-refractivity contribution in [1.29, 1.82) is 0 Å². The summed E-state index contributed by atoms with van der Waals surface area (Å²) in [5, 5.41) is 3.12. The number of benzene rings is 2. The summed E-state index contributed by atoms with van der Waals surface area (Å²) >= 11 is 16.7. The van der Waals surface area contributed by atoms with Crippen LogP contribution in [-0.4, -0.2) is 30.1 Å². The van der Waals surface area contributed by atoms with Crippen molar-refractivity contribution in [3.63, 3.8) is 0 Å². The van der Waals surface area contributed by atoms with E-state index in [1.54, 1.807) is 36.4 Å². The van der Waals surface area contributed by atoms with Gasteiger partial charge in [-0.1, -0.05) is 30.1 Å². The normalized spacial score (nSPS) is 10.0. The number of carbonyl (C=O) groups excluding carboxylic acids is 2. The molecule has 0 spiro atoms. The minimum atomic E-state index is -0.523. The zero-order chi connectivity index (χ0) is 21.2. The van der Waals surface area contributed by atoms with E-state index in [9.17, 15) is 9.59 Å². The molecule has 10 heteroatoms. The zero-order valence-electron chi connectivity index (χ0n) is 15.5. The largest absolute Gasteiger partial charge is 0.494 e. The molecular formula is C19H19Cl2N3O4S. The number of rotatable bonds is 7. The predicted octanol–water partition coefficient (Wildman–Crippen LogP) is 3.50. The van der Waals surface area contributed by atoms with Crippen molar-refractivity contribution in [1.82, 2.24) is 16.2 Å². The average Bonchev–Trinajstić information content (AvgIpc) is 2.70. The first kappa shape index (κ1) is 22.7. The van der Waals surface area contributed by atoms with E-state index in [4.69, 9.17) is 44.9 Å². The minimum Gasteiger partial charge on any atom is -0.494 e. The van der Waals surface area contributed by atoms with Crippen LogP contribution in [0, 0.1) is 0 Å². The number of amides is 2. The number of hydrogen-bond acceptors (Lipinski definition) is 5. The maximum absolute atomic E-state index is 12.2. The number of hydrazine groups is 1. The molecule has 2 aromatic carbocycles. The quantitative estimate of drug-likeness (QED) is 0.437. The molecule has 154 valence electrons. The molecule has 0 unspecified atom stereocenters. The van der Waals surface area contributed by atoms with E-state index in [-0.39, 0.29) is 16.7 Å². The lowest BCUT2D eigenvalue weighted by Gasteiger charge is -2.12. The summed E-state index contributed by atoms with van der Waals surface area (Å²) in [6, 6.07) is 11.3. The first-order valence-corrected chi connectivity index (χ1v) is 9.76. The first-order valence-electron chi connectivity index (χ1n) is 8.60. The van der Waals surface area contributed by atoms with E-state index < -0.39 is 11.8 Å². The van der Waals surface area contributed by atoms with Gasteiger partial charge in [-0.25, -0.2) is 0 Å². The van der Waals surface area contributed by atoms with Gasteiger partial charge in [-0.15, -0.1) is 0 Å². The Morgan fingerprint density at radius 1 is 1.03 bits per heavy atom. The van der Waals surface area contributed by atoms with Crippen molar-refractivity contribution in [2.45, 2.75) is 13.3 Å². The molecule has 0 saturated carbocycles. The maximum Gasteiger partial charge on any atom is 0.276 e. The van der Waals surface area contributed by atoms with Crippen molar-refractivity contribution in [3.05, 3.63) is 58.1 Å². The van der Waals surface area contributed by atoms with Gasteiger partial charge in [-0.3, -0.25) is 25.8 Å². The van der Waals surface area contributed by atoms with E-state index in [0.29, 0.717) is 28.7 Å². The molecule has 0 aliphatic heterocycles. The number of hydrogen-bond donors (Lipinski definition) is 3. The molecule has 2 amide bonds. The molecule has 29 heavy (non-hydrogen) atoms. The van der Waals surface area contributed by atoms with Crippen LogP contribution in [0.2, 0.25) is 10.0 Å². The maximum atomic E-state index is 12.2.